The highest BCUT2D eigenvalue weighted by molar-refractivity contribution is 8.16. The van der Waals surface area contributed by atoms with Crippen LogP contribution < -0.4 is 4.74 Å². The van der Waals surface area contributed by atoms with Crippen molar-refractivity contribution in [1.82, 2.24) is 0 Å². The van der Waals surface area contributed by atoms with E-state index >= 15 is 0 Å². The quantitative estimate of drug-likeness (QED) is 0.397. The zero-order valence-corrected chi connectivity index (χ0v) is 18.6. The van der Waals surface area contributed by atoms with Gasteiger partial charge in [-0.2, -0.15) is 0 Å². The number of ether oxygens (including phenoxy) is 1. The van der Waals surface area contributed by atoms with Gasteiger partial charge < -0.3 is 9.84 Å². The molecule has 1 aromatic heterocycles. The minimum atomic E-state index is -0.818. The highest BCUT2D eigenvalue weighted by Gasteiger charge is 2.37. The predicted octanol–water partition coefficient (Wildman–Crippen LogP) is 5.16. The Hall–Kier alpha value is -1.20. The number of fused-ring (bicyclic) bond motifs is 1. The lowest BCUT2D eigenvalue weighted by atomic mass is 10.0. The maximum absolute atomic E-state index is 10.8. The minimum Gasteiger partial charge on any atom is -0.493 e. The molecule has 2 aromatic rings. The van der Waals surface area contributed by atoms with Crippen LogP contribution in [-0.4, -0.2) is 36.5 Å². The molecule has 3 nitrogen and oxygen atoms in total. The molecule has 2 heterocycles. The lowest BCUT2D eigenvalue weighted by Gasteiger charge is -2.36. The normalized spacial score (nSPS) is 14.6. The van der Waals surface area contributed by atoms with Gasteiger partial charge in [-0.3, -0.25) is 4.79 Å². The van der Waals surface area contributed by atoms with Crippen LogP contribution in [0.4, 0.5) is 0 Å². The zero-order valence-electron chi connectivity index (χ0n) is 15.3. The molecule has 7 heteroatoms. The summed E-state index contributed by atoms with van der Waals surface area (Å²) >= 11 is 6.81. The van der Waals surface area contributed by atoms with Gasteiger partial charge in [-0.05, 0) is 43.0 Å². The monoisotopic (exact) mass is 436 g/mol. The van der Waals surface area contributed by atoms with Crippen LogP contribution in [0.1, 0.15) is 27.3 Å². The molecule has 0 saturated heterocycles. The third-order valence-electron chi connectivity index (χ3n) is 4.37. The first-order chi connectivity index (χ1) is 13.0. The van der Waals surface area contributed by atoms with E-state index in [1.807, 2.05) is 41.9 Å². The second-order valence-electron chi connectivity index (χ2n) is 5.89. The van der Waals surface area contributed by atoms with Crippen molar-refractivity contribution < 1.29 is 14.6 Å². The van der Waals surface area contributed by atoms with Crippen molar-refractivity contribution in [3.8, 4) is 17.6 Å². The number of aliphatic carboxylic acids is 1. The molecule has 0 atom stereocenters. The van der Waals surface area contributed by atoms with Crippen LogP contribution in [0.15, 0.2) is 29.2 Å². The number of benzene rings is 1. The number of carbonyl (C=O) groups is 1. The zero-order chi connectivity index (χ0) is 19.4. The Morgan fingerprint density at radius 2 is 2.04 bits per heavy atom. The summed E-state index contributed by atoms with van der Waals surface area (Å²) in [6.07, 6.45) is 7.35. The summed E-state index contributed by atoms with van der Waals surface area (Å²) < 4.78 is 5.94. The van der Waals surface area contributed by atoms with E-state index in [-0.39, 0.29) is 10.5 Å². The topological polar surface area (TPSA) is 46.5 Å². The molecule has 0 saturated carbocycles. The minimum absolute atomic E-state index is 0.00145. The van der Waals surface area contributed by atoms with Gasteiger partial charge in [-0.1, -0.05) is 11.8 Å². The maximum atomic E-state index is 10.8. The van der Waals surface area contributed by atoms with Crippen LogP contribution >= 0.6 is 46.6 Å². The first kappa shape index (κ1) is 20.5. The molecule has 0 fully saturated rings. The number of carboxylic acid groups (broad SMARTS) is 1. The van der Waals surface area contributed by atoms with Crippen molar-refractivity contribution in [2.45, 2.75) is 21.8 Å². The van der Waals surface area contributed by atoms with Gasteiger partial charge in [0, 0.05) is 27.3 Å². The Morgan fingerprint density at radius 1 is 1.26 bits per heavy atom. The van der Waals surface area contributed by atoms with Gasteiger partial charge in [0.1, 0.15) is 5.75 Å². The second kappa shape index (κ2) is 8.87. The van der Waals surface area contributed by atoms with E-state index in [9.17, 15) is 4.79 Å². The number of hydrogen-bond acceptors (Lipinski definition) is 6. The Bertz CT molecular complexity index is 904. The van der Waals surface area contributed by atoms with Gasteiger partial charge in [0.25, 0.3) is 0 Å². The van der Waals surface area contributed by atoms with E-state index in [1.54, 1.807) is 11.8 Å². The summed E-state index contributed by atoms with van der Waals surface area (Å²) in [5.74, 6) is 6.65. The summed E-state index contributed by atoms with van der Waals surface area (Å²) in [5.41, 5.74) is 2.20. The Balaban J connectivity index is 1.99. The largest absolute Gasteiger partial charge is 0.493 e. The second-order valence-corrected chi connectivity index (χ2v) is 10.4. The van der Waals surface area contributed by atoms with Crippen LogP contribution in [0.2, 0.25) is 0 Å². The number of thioether (sulfide) groups is 3. The number of hydrogen-bond donors (Lipinski definition) is 1. The van der Waals surface area contributed by atoms with Crippen molar-refractivity contribution in [2.24, 2.45) is 0 Å². The summed E-state index contributed by atoms with van der Waals surface area (Å²) in [6.45, 7) is 0.731. The van der Waals surface area contributed by atoms with E-state index < -0.39 is 5.97 Å². The highest BCUT2D eigenvalue weighted by Crippen LogP contribution is 2.53. The summed E-state index contributed by atoms with van der Waals surface area (Å²) in [6, 6.07) is 8.01. The molecule has 1 aliphatic heterocycles. The summed E-state index contributed by atoms with van der Waals surface area (Å²) in [4.78, 5) is 13.6. The third kappa shape index (κ3) is 4.45. The fraction of sp³-hybridized carbons (Fsp3) is 0.350. The van der Waals surface area contributed by atoms with Crippen LogP contribution in [0.3, 0.4) is 0 Å². The van der Waals surface area contributed by atoms with Crippen LogP contribution in [0.5, 0.6) is 5.75 Å². The lowest BCUT2D eigenvalue weighted by Crippen LogP contribution is -2.26. The standard InChI is InChI=1S/C20H20O3S4/c1-24-18-12-17-16(20(25-2,26-3)8-9-23-17)10-13(18)4-5-14-6-7-15(27-14)11-19(21)22/h6-7,10,12H,8-9,11H2,1-3H3,(H,21,22). The van der Waals surface area contributed by atoms with Crippen molar-refractivity contribution >= 4 is 52.6 Å². The lowest BCUT2D eigenvalue weighted by molar-refractivity contribution is -0.136. The first-order valence-corrected chi connectivity index (χ1v) is 12.8. The van der Waals surface area contributed by atoms with Crippen molar-refractivity contribution in [2.75, 3.05) is 25.4 Å². The van der Waals surface area contributed by atoms with Gasteiger partial charge in [0.15, 0.2) is 0 Å². The number of carboxylic acids is 1. The van der Waals surface area contributed by atoms with Gasteiger partial charge in [-0.15, -0.1) is 46.6 Å². The van der Waals surface area contributed by atoms with E-state index in [0.29, 0.717) is 0 Å². The average molecular weight is 437 g/mol. The molecular weight excluding hydrogens is 416 g/mol. The molecule has 0 radical (unpaired) electrons. The Labute approximate surface area is 176 Å². The highest BCUT2D eigenvalue weighted by atomic mass is 32.2. The molecule has 0 amide bonds. The summed E-state index contributed by atoms with van der Waals surface area (Å²) in [7, 11) is 0. The molecule has 0 bridgehead atoms. The molecular formula is C20H20O3S4. The van der Waals surface area contributed by atoms with Crippen molar-refractivity contribution in [1.29, 1.82) is 0 Å². The van der Waals surface area contributed by atoms with Crippen LogP contribution in [0, 0.1) is 11.8 Å². The average Bonchev–Trinajstić information content (AvgIpc) is 3.11. The molecule has 3 rings (SSSR count). The molecule has 0 spiro atoms. The summed E-state index contributed by atoms with van der Waals surface area (Å²) in [5, 5.41) is 8.91. The number of rotatable bonds is 5. The predicted molar refractivity (Wildman–Crippen MR) is 119 cm³/mol. The Kier molecular flexibility index (Phi) is 6.74. The van der Waals surface area contributed by atoms with E-state index in [2.05, 4.69) is 36.5 Å². The Morgan fingerprint density at radius 3 is 2.70 bits per heavy atom. The molecule has 142 valence electrons. The van der Waals surface area contributed by atoms with Crippen LogP contribution in [0.25, 0.3) is 0 Å². The van der Waals surface area contributed by atoms with E-state index in [0.717, 1.165) is 39.0 Å². The fourth-order valence-corrected chi connectivity index (χ4v) is 6.41. The fourth-order valence-electron chi connectivity index (χ4n) is 3.00. The SMILES string of the molecule is CSc1cc2c(cc1C#Cc1ccc(CC(=O)O)s1)C(SC)(SC)CCO2. The molecule has 0 unspecified atom stereocenters. The van der Waals surface area contributed by atoms with Gasteiger partial charge in [-0.25, -0.2) is 0 Å². The van der Waals surface area contributed by atoms with Gasteiger partial charge >= 0.3 is 5.97 Å². The molecule has 27 heavy (non-hydrogen) atoms. The van der Waals surface area contributed by atoms with Crippen molar-refractivity contribution in [3.63, 3.8) is 0 Å². The third-order valence-corrected chi connectivity index (χ3v) is 9.31. The molecule has 1 aromatic carbocycles. The van der Waals surface area contributed by atoms with E-state index in [4.69, 9.17) is 9.84 Å². The molecule has 0 aliphatic carbocycles. The first-order valence-electron chi connectivity index (χ1n) is 8.29. The van der Waals surface area contributed by atoms with Crippen LogP contribution in [-0.2, 0) is 15.3 Å². The van der Waals surface area contributed by atoms with Gasteiger partial charge in [0.05, 0.1) is 22.0 Å². The smallest absolute Gasteiger partial charge is 0.308 e. The van der Waals surface area contributed by atoms with E-state index in [1.165, 1.54) is 16.9 Å². The molecule has 1 N–H and O–H groups in total. The van der Waals surface area contributed by atoms with Gasteiger partial charge in [0.2, 0.25) is 0 Å². The number of thiophene rings is 1. The maximum Gasteiger partial charge on any atom is 0.308 e. The molecule has 1 aliphatic rings. The van der Waals surface area contributed by atoms with Crippen molar-refractivity contribution in [3.05, 3.63) is 45.1 Å².